The third kappa shape index (κ3) is 6.15. The molecule has 63 heavy (non-hydrogen) atoms. The number of benzene rings is 8. The van der Waals surface area contributed by atoms with E-state index in [1.165, 1.54) is 105 Å². The molecule has 8 aromatic carbocycles. The fraction of sp³-hybridized carbons (Fsp3) is 0.200. The third-order valence-electron chi connectivity index (χ3n) is 14.2. The summed E-state index contributed by atoms with van der Waals surface area (Å²) in [6.45, 7) is 19.1. The maximum atomic E-state index is 7.00. The quantitative estimate of drug-likeness (QED) is 0.147. The predicted octanol–water partition coefficient (Wildman–Crippen LogP) is 14.5. The Morgan fingerprint density at radius 1 is 0.476 bits per heavy atom. The highest BCUT2D eigenvalue weighted by Crippen LogP contribution is 2.43. The van der Waals surface area contributed by atoms with Gasteiger partial charge in [-0.25, -0.2) is 0 Å². The topological polar surface area (TPSA) is 18.1 Å². The molecule has 0 amide bonds. The van der Waals surface area contributed by atoms with Crippen molar-refractivity contribution in [3.8, 4) is 27.9 Å². The zero-order chi connectivity index (χ0) is 43.3. The molecule has 308 valence electrons. The molecule has 0 unspecified atom stereocenters. The minimum absolute atomic E-state index is 0.0331. The van der Waals surface area contributed by atoms with Gasteiger partial charge in [0.25, 0.3) is 0 Å². The van der Waals surface area contributed by atoms with E-state index in [-0.39, 0.29) is 12.1 Å². The first-order valence-electron chi connectivity index (χ1n) is 23.0. The summed E-state index contributed by atoms with van der Waals surface area (Å²) in [5, 5.41) is 4.86. The maximum absolute atomic E-state index is 7.00. The molecule has 11 rings (SSSR count). The molecule has 0 N–H and O–H groups in total. The van der Waals surface area contributed by atoms with Gasteiger partial charge in [0.15, 0.2) is 0 Å². The highest BCUT2D eigenvalue weighted by Gasteiger charge is 2.44. The van der Waals surface area contributed by atoms with Crippen LogP contribution in [0.15, 0.2) is 168 Å². The summed E-state index contributed by atoms with van der Waals surface area (Å²) in [5.41, 5.74) is 21.2. The Morgan fingerprint density at radius 2 is 1.03 bits per heavy atom. The Bertz CT molecular complexity index is 3270. The zero-order valence-electron chi connectivity index (χ0n) is 37.8. The second-order valence-electron chi connectivity index (χ2n) is 19.4. The highest BCUT2D eigenvalue weighted by atomic mass is 16.3. The summed E-state index contributed by atoms with van der Waals surface area (Å²) in [6.07, 6.45) is 0. The molecule has 3 heterocycles. The van der Waals surface area contributed by atoms with Gasteiger partial charge in [-0.05, 0) is 105 Å². The van der Waals surface area contributed by atoms with Gasteiger partial charge in [0.2, 0.25) is 6.71 Å². The van der Waals surface area contributed by atoms with Crippen molar-refractivity contribution in [2.45, 2.75) is 78.6 Å². The average Bonchev–Trinajstić information content (AvgIpc) is 3.84. The standard InChI is InChI=1S/C60H54BNO/c1-36(2)43-33-47(37(3)4)58(48(34-43)38(5)6)61-52-27-25-44(35-51(52)60(7,8)57-53(61)28-26-46-45-21-15-16-22-56(45)63-59(46)57)62-54-29-23-41(39-17-11-9-12-18-39)31-49(54)50-32-42(24-30-55(50)62)40-19-13-10-14-20-40/h9-38H,1-8H3. The molecule has 0 atom stereocenters. The summed E-state index contributed by atoms with van der Waals surface area (Å²) in [4.78, 5) is 0. The van der Waals surface area contributed by atoms with E-state index in [2.05, 4.69) is 224 Å². The van der Waals surface area contributed by atoms with Crippen LogP contribution in [0.2, 0.25) is 0 Å². The molecule has 10 aromatic rings. The van der Waals surface area contributed by atoms with Crippen LogP contribution < -0.4 is 16.4 Å². The zero-order valence-corrected chi connectivity index (χ0v) is 37.8. The van der Waals surface area contributed by atoms with E-state index in [9.17, 15) is 0 Å². The Morgan fingerprint density at radius 3 is 1.60 bits per heavy atom. The molecule has 0 fully saturated rings. The van der Waals surface area contributed by atoms with E-state index >= 15 is 0 Å². The van der Waals surface area contributed by atoms with E-state index < -0.39 is 0 Å². The maximum Gasteiger partial charge on any atom is 0.242 e. The van der Waals surface area contributed by atoms with Gasteiger partial charge in [0, 0.05) is 38.2 Å². The van der Waals surface area contributed by atoms with Crippen molar-refractivity contribution in [1.82, 2.24) is 4.57 Å². The van der Waals surface area contributed by atoms with Crippen LogP contribution in [0.3, 0.4) is 0 Å². The van der Waals surface area contributed by atoms with Crippen LogP contribution in [0.4, 0.5) is 0 Å². The lowest BCUT2D eigenvalue weighted by atomic mass is 9.30. The van der Waals surface area contributed by atoms with Gasteiger partial charge >= 0.3 is 0 Å². The molecule has 1 aliphatic rings. The van der Waals surface area contributed by atoms with E-state index in [1.807, 2.05) is 0 Å². The van der Waals surface area contributed by atoms with Crippen LogP contribution in [-0.4, -0.2) is 11.3 Å². The summed E-state index contributed by atoms with van der Waals surface area (Å²) >= 11 is 0. The van der Waals surface area contributed by atoms with E-state index in [1.54, 1.807) is 0 Å². The van der Waals surface area contributed by atoms with Crippen LogP contribution in [0, 0.1) is 0 Å². The first-order chi connectivity index (χ1) is 30.5. The first kappa shape index (κ1) is 39.3. The third-order valence-corrected chi connectivity index (χ3v) is 14.2. The molecule has 0 saturated heterocycles. The van der Waals surface area contributed by atoms with Gasteiger partial charge in [0.05, 0.1) is 11.0 Å². The number of hydrogen-bond donors (Lipinski definition) is 0. The average molecular weight is 816 g/mol. The molecule has 1 aliphatic heterocycles. The molecular formula is C60H54BNO. The van der Waals surface area contributed by atoms with Crippen molar-refractivity contribution in [2.75, 3.05) is 0 Å². The lowest BCUT2D eigenvalue weighted by Crippen LogP contribution is -2.62. The smallest absolute Gasteiger partial charge is 0.242 e. The van der Waals surface area contributed by atoms with Crippen LogP contribution in [0.25, 0.3) is 71.7 Å². The van der Waals surface area contributed by atoms with E-state index in [0.29, 0.717) is 17.8 Å². The Kier molecular flexibility index (Phi) is 9.21. The summed E-state index contributed by atoms with van der Waals surface area (Å²) in [5.74, 6) is 1.15. The van der Waals surface area contributed by atoms with Crippen LogP contribution in [0.5, 0.6) is 0 Å². The number of fused-ring (bicyclic) bond motifs is 9. The monoisotopic (exact) mass is 815 g/mol. The van der Waals surface area contributed by atoms with Crippen molar-refractivity contribution in [2.24, 2.45) is 0 Å². The predicted molar refractivity (Wildman–Crippen MR) is 271 cm³/mol. The van der Waals surface area contributed by atoms with E-state index in [4.69, 9.17) is 4.42 Å². The van der Waals surface area contributed by atoms with Crippen LogP contribution in [-0.2, 0) is 5.41 Å². The van der Waals surface area contributed by atoms with Gasteiger partial charge < -0.3 is 8.98 Å². The van der Waals surface area contributed by atoms with Crippen LogP contribution >= 0.6 is 0 Å². The Labute approximate surface area is 372 Å². The van der Waals surface area contributed by atoms with Crippen molar-refractivity contribution in [3.63, 3.8) is 0 Å². The van der Waals surface area contributed by atoms with Gasteiger partial charge in [-0.15, -0.1) is 0 Å². The number of hydrogen-bond acceptors (Lipinski definition) is 1. The summed E-state index contributed by atoms with van der Waals surface area (Å²) in [6, 6.07) is 61.3. The van der Waals surface area contributed by atoms with Crippen molar-refractivity contribution < 1.29 is 4.42 Å². The molecule has 0 spiro atoms. The minimum Gasteiger partial charge on any atom is -0.456 e. The number of aromatic nitrogens is 1. The normalized spacial score (nSPS) is 13.6. The first-order valence-corrected chi connectivity index (χ1v) is 23.0. The van der Waals surface area contributed by atoms with Gasteiger partial charge in [-0.2, -0.15) is 0 Å². The fourth-order valence-corrected chi connectivity index (χ4v) is 11.0. The summed E-state index contributed by atoms with van der Waals surface area (Å²) in [7, 11) is 0. The molecule has 2 nitrogen and oxygen atoms in total. The molecular weight excluding hydrogens is 761 g/mol. The van der Waals surface area contributed by atoms with Crippen molar-refractivity contribution in [1.29, 1.82) is 0 Å². The largest absolute Gasteiger partial charge is 0.456 e. The molecule has 2 aromatic heterocycles. The molecule has 0 saturated carbocycles. The number of rotatable bonds is 7. The van der Waals surface area contributed by atoms with Gasteiger partial charge in [-0.1, -0.05) is 193 Å². The fourth-order valence-electron chi connectivity index (χ4n) is 11.0. The molecule has 0 bridgehead atoms. The Hall–Kier alpha value is -6.58. The second kappa shape index (κ2) is 14.8. The second-order valence-corrected chi connectivity index (χ2v) is 19.4. The number of nitrogens with zero attached hydrogens (tertiary/aromatic N) is 1. The van der Waals surface area contributed by atoms with E-state index in [0.717, 1.165) is 11.2 Å². The van der Waals surface area contributed by atoms with Gasteiger partial charge in [0.1, 0.15) is 11.2 Å². The lowest BCUT2D eigenvalue weighted by Gasteiger charge is -2.40. The van der Waals surface area contributed by atoms with Crippen molar-refractivity contribution >= 4 is 66.8 Å². The molecule has 0 radical (unpaired) electrons. The highest BCUT2D eigenvalue weighted by molar-refractivity contribution is 6.97. The number of para-hydroxylation sites is 1. The Balaban J connectivity index is 1.21. The minimum atomic E-state index is -0.377. The number of furan rings is 1. The molecule has 3 heteroatoms. The van der Waals surface area contributed by atoms with Crippen LogP contribution in [0.1, 0.15) is 101 Å². The van der Waals surface area contributed by atoms with Crippen molar-refractivity contribution in [3.05, 3.63) is 192 Å². The summed E-state index contributed by atoms with van der Waals surface area (Å²) < 4.78 is 9.51. The van der Waals surface area contributed by atoms with Gasteiger partial charge in [-0.3, -0.25) is 0 Å². The lowest BCUT2D eigenvalue weighted by molar-refractivity contribution is 0.611. The SMILES string of the molecule is CC(C)c1cc(C(C)C)c(B2c3ccc(-n4c5ccc(-c6ccccc6)cc5c5cc(-c6ccccc6)ccc54)cc3C(C)(C)c3c2ccc2c3oc3ccccc32)c(C(C)C)c1. The molecule has 0 aliphatic carbocycles.